The van der Waals surface area contributed by atoms with Crippen molar-refractivity contribution < 1.29 is 0 Å². The Hall–Kier alpha value is -1.64. The molecule has 0 unspecified atom stereocenters. The van der Waals surface area contributed by atoms with E-state index in [1.165, 1.54) is 24.8 Å². The standard InChI is InChI=1S/C17H24N6.HI/c1-18-16(19-11-15-22-21-13-23(15)2)20-12-17(9-6-10-17)14-7-4-3-5-8-14;/h3-5,7-8,13H,6,9-12H2,1-2H3,(H2,18,19,20);1H. The monoisotopic (exact) mass is 440 g/mol. The van der Waals surface area contributed by atoms with Crippen LogP contribution in [0.25, 0.3) is 0 Å². The van der Waals surface area contributed by atoms with Gasteiger partial charge in [0.1, 0.15) is 6.33 Å². The van der Waals surface area contributed by atoms with Crippen molar-refractivity contribution in [3.05, 3.63) is 48.0 Å². The average molecular weight is 440 g/mol. The number of nitrogens with zero attached hydrogens (tertiary/aromatic N) is 4. The summed E-state index contributed by atoms with van der Waals surface area (Å²) in [7, 11) is 3.73. The Bertz CT molecular complexity index is 663. The zero-order valence-corrected chi connectivity index (χ0v) is 16.5. The van der Waals surface area contributed by atoms with Gasteiger partial charge in [0.05, 0.1) is 6.54 Å². The van der Waals surface area contributed by atoms with Crippen LogP contribution in [0.4, 0.5) is 0 Å². The maximum atomic E-state index is 4.31. The summed E-state index contributed by atoms with van der Waals surface area (Å²) in [6, 6.07) is 10.8. The minimum absolute atomic E-state index is 0. The average Bonchev–Trinajstić information content (AvgIpc) is 2.95. The Balaban J connectivity index is 0.00000208. The van der Waals surface area contributed by atoms with E-state index in [9.17, 15) is 0 Å². The number of guanidine groups is 1. The maximum Gasteiger partial charge on any atom is 0.191 e. The van der Waals surface area contributed by atoms with Crippen LogP contribution in [0.15, 0.2) is 41.7 Å². The van der Waals surface area contributed by atoms with Crippen molar-refractivity contribution in [1.82, 2.24) is 25.4 Å². The number of halogens is 1. The zero-order chi connectivity index (χ0) is 16.1. The van der Waals surface area contributed by atoms with E-state index in [0.29, 0.717) is 6.54 Å². The first-order chi connectivity index (χ1) is 11.2. The molecule has 130 valence electrons. The molecule has 0 saturated heterocycles. The molecule has 1 saturated carbocycles. The van der Waals surface area contributed by atoms with Gasteiger partial charge >= 0.3 is 0 Å². The number of nitrogens with one attached hydrogen (secondary N) is 2. The number of aryl methyl sites for hydroxylation is 1. The second kappa shape index (κ2) is 8.46. The van der Waals surface area contributed by atoms with Gasteiger partial charge in [-0.25, -0.2) is 0 Å². The smallest absolute Gasteiger partial charge is 0.191 e. The summed E-state index contributed by atoms with van der Waals surface area (Å²) in [5.41, 5.74) is 1.66. The van der Waals surface area contributed by atoms with Crippen LogP contribution >= 0.6 is 24.0 Å². The van der Waals surface area contributed by atoms with Crippen molar-refractivity contribution in [3.8, 4) is 0 Å². The third-order valence-corrected chi connectivity index (χ3v) is 4.73. The van der Waals surface area contributed by atoms with Gasteiger partial charge in [-0.15, -0.1) is 34.2 Å². The van der Waals surface area contributed by atoms with Crippen LogP contribution in [0.1, 0.15) is 30.7 Å². The van der Waals surface area contributed by atoms with E-state index in [-0.39, 0.29) is 29.4 Å². The lowest BCUT2D eigenvalue weighted by Gasteiger charge is -2.43. The van der Waals surface area contributed by atoms with Gasteiger partial charge in [0, 0.05) is 26.1 Å². The van der Waals surface area contributed by atoms with Crippen molar-refractivity contribution in [3.63, 3.8) is 0 Å². The van der Waals surface area contributed by atoms with Gasteiger partial charge in [0.15, 0.2) is 11.8 Å². The highest BCUT2D eigenvalue weighted by Gasteiger charge is 2.38. The lowest BCUT2D eigenvalue weighted by Crippen LogP contribution is -2.48. The highest BCUT2D eigenvalue weighted by atomic mass is 127. The fourth-order valence-corrected chi connectivity index (χ4v) is 3.07. The van der Waals surface area contributed by atoms with Crippen LogP contribution in [0, 0.1) is 0 Å². The molecule has 6 nitrogen and oxygen atoms in total. The van der Waals surface area contributed by atoms with E-state index in [1.807, 2.05) is 11.6 Å². The van der Waals surface area contributed by atoms with Gasteiger partial charge < -0.3 is 15.2 Å². The number of hydrogen-bond acceptors (Lipinski definition) is 3. The van der Waals surface area contributed by atoms with Crippen molar-refractivity contribution in [2.75, 3.05) is 13.6 Å². The Morgan fingerprint density at radius 3 is 2.54 bits per heavy atom. The fourth-order valence-electron chi connectivity index (χ4n) is 3.07. The highest BCUT2D eigenvalue weighted by Crippen LogP contribution is 2.43. The van der Waals surface area contributed by atoms with E-state index in [4.69, 9.17) is 0 Å². The van der Waals surface area contributed by atoms with Crippen LogP contribution in [0.5, 0.6) is 0 Å². The number of aliphatic imine (C=N–C) groups is 1. The Labute approximate surface area is 160 Å². The van der Waals surface area contributed by atoms with Gasteiger partial charge in [-0.2, -0.15) is 0 Å². The molecule has 7 heteroatoms. The van der Waals surface area contributed by atoms with Crippen LogP contribution in [0.3, 0.4) is 0 Å². The van der Waals surface area contributed by atoms with Crippen molar-refractivity contribution in [2.45, 2.75) is 31.2 Å². The van der Waals surface area contributed by atoms with Gasteiger partial charge in [-0.05, 0) is 18.4 Å². The molecular weight excluding hydrogens is 415 g/mol. The van der Waals surface area contributed by atoms with Crippen LogP contribution < -0.4 is 10.6 Å². The summed E-state index contributed by atoms with van der Waals surface area (Å²) in [5.74, 6) is 1.68. The molecule has 1 fully saturated rings. The van der Waals surface area contributed by atoms with Crippen LogP contribution in [-0.2, 0) is 19.0 Å². The Morgan fingerprint density at radius 2 is 2.00 bits per heavy atom. The Morgan fingerprint density at radius 1 is 1.25 bits per heavy atom. The lowest BCUT2D eigenvalue weighted by atomic mass is 9.64. The Kier molecular flexibility index (Phi) is 6.59. The molecule has 0 spiro atoms. The number of aromatic nitrogens is 3. The first kappa shape index (κ1) is 18.7. The van der Waals surface area contributed by atoms with E-state index in [1.54, 1.807) is 13.4 Å². The largest absolute Gasteiger partial charge is 0.356 e. The lowest BCUT2D eigenvalue weighted by molar-refractivity contribution is 0.244. The zero-order valence-electron chi connectivity index (χ0n) is 14.2. The summed E-state index contributed by atoms with van der Waals surface area (Å²) in [6.07, 6.45) is 5.45. The molecule has 2 aromatic rings. The third-order valence-electron chi connectivity index (χ3n) is 4.73. The first-order valence-electron chi connectivity index (χ1n) is 8.06. The predicted molar refractivity (Wildman–Crippen MR) is 107 cm³/mol. The fraction of sp³-hybridized carbons (Fsp3) is 0.471. The highest BCUT2D eigenvalue weighted by molar-refractivity contribution is 14.0. The second-order valence-electron chi connectivity index (χ2n) is 6.14. The summed E-state index contributed by atoms with van der Waals surface area (Å²) >= 11 is 0. The molecule has 0 aliphatic heterocycles. The SMILES string of the molecule is CN=C(NCc1nncn1C)NCC1(c2ccccc2)CCC1.I. The number of hydrogen-bond donors (Lipinski definition) is 2. The third kappa shape index (κ3) is 4.06. The van der Waals surface area contributed by atoms with Crippen LogP contribution in [0.2, 0.25) is 0 Å². The second-order valence-corrected chi connectivity index (χ2v) is 6.14. The molecule has 1 heterocycles. The quantitative estimate of drug-likeness (QED) is 0.425. The van der Waals surface area contributed by atoms with Crippen molar-refractivity contribution in [1.29, 1.82) is 0 Å². The normalized spacial score (nSPS) is 16.0. The molecule has 1 aliphatic rings. The molecule has 1 aromatic carbocycles. The van der Waals surface area contributed by atoms with E-state index < -0.39 is 0 Å². The molecule has 1 aromatic heterocycles. The van der Waals surface area contributed by atoms with E-state index in [0.717, 1.165) is 18.3 Å². The summed E-state index contributed by atoms with van der Waals surface area (Å²) in [4.78, 5) is 4.31. The van der Waals surface area contributed by atoms with E-state index in [2.05, 4.69) is 56.2 Å². The molecule has 0 amide bonds. The summed E-state index contributed by atoms with van der Waals surface area (Å²) in [5, 5.41) is 14.7. The molecule has 2 N–H and O–H groups in total. The maximum absolute atomic E-state index is 4.31. The summed E-state index contributed by atoms with van der Waals surface area (Å²) in [6.45, 7) is 1.50. The minimum atomic E-state index is 0. The molecule has 0 radical (unpaired) electrons. The molecule has 0 atom stereocenters. The first-order valence-corrected chi connectivity index (χ1v) is 8.06. The van der Waals surface area contributed by atoms with Gasteiger partial charge in [0.25, 0.3) is 0 Å². The van der Waals surface area contributed by atoms with Crippen LogP contribution in [-0.4, -0.2) is 34.3 Å². The van der Waals surface area contributed by atoms with E-state index >= 15 is 0 Å². The van der Waals surface area contributed by atoms with Crippen molar-refractivity contribution in [2.24, 2.45) is 12.0 Å². The topological polar surface area (TPSA) is 67.1 Å². The number of benzene rings is 1. The minimum Gasteiger partial charge on any atom is -0.356 e. The molecule has 0 bridgehead atoms. The van der Waals surface area contributed by atoms with Gasteiger partial charge in [-0.1, -0.05) is 36.8 Å². The van der Waals surface area contributed by atoms with Crippen molar-refractivity contribution >= 4 is 29.9 Å². The molecular formula is C17H25IN6. The molecule has 24 heavy (non-hydrogen) atoms. The molecule has 3 rings (SSSR count). The molecule has 1 aliphatic carbocycles. The van der Waals surface area contributed by atoms with Gasteiger partial charge in [0.2, 0.25) is 0 Å². The number of rotatable bonds is 5. The predicted octanol–water partition coefficient (Wildman–Crippen LogP) is 2.22. The summed E-state index contributed by atoms with van der Waals surface area (Å²) < 4.78 is 1.90. The van der Waals surface area contributed by atoms with Gasteiger partial charge in [-0.3, -0.25) is 4.99 Å².